The van der Waals surface area contributed by atoms with Gasteiger partial charge >= 0.3 is 5.97 Å². The topological polar surface area (TPSA) is 60.9 Å². The zero-order chi connectivity index (χ0) is 15.3. The Bertz CT molecular complexity index is 506. The van der Waals surface area contributed by atoms with Crippen molar-refractivity contribution in [1.82, 2.24) is 9.80 Å². The molecule has 0 heterocycles. The van der Waals surface area contributed by atoms with Gasteiger partial charge in [0.25, 0.3) is 5.91 Å². The molecular formula is C13H16Br2N2O3. The third-order valence-corrected chi connectivity index (χ3v) is 3.74. The van der Waals surface area contributed by atoms with E-state index in [9.17, 15) is 9.59 Å². The maximum Gasteiger partial charge on any atom is 0.323 e. The first-order valence-corrected chi connectivity index (χ1v) is 7.50. The van der Waals surface area contributed by atoms with Gasteiger partial charge in [0.15, 0.2) is 0 Å². The minimum absolute atomic E-state index is 0.298. The van der Waals surface area contributed by atoms with E-state index in [2.05, 4.69) is 31.9 Å². The molecule has 7 heteroatoms. The fraction of sp³-hybridized carbons (Fsp3) is 0.385. The zero-order valence-electron chi connectivity index (χ0n) is 11.3. The quantitative estimate of drug-likeness (QED) is 0.785. The van der Waals surface area contributed by atoms with E-state index in [4.69, 9.17) is 5.11 Å². The van der Waals surface area contributed by atoms with E-state index >= 15 is 0 Å². The summed E-state index contributed by atoms with van der Waals surface area (Å²) in [5, 5.41) is 8.93. The van der Waals surface area contributed by atoms with Crippen LogP contribution in [-0.2, 0) is 4.79 Å². The van der Waals surface area contributed by atoms with Crippen LogP contribution in [0.2, 0.25) is 0 Å². The molecule has 1 N–H and O–H groups in total. The number of carbonyl (C=O) groups is 2. The molecule has 1 aromatic carbocycles. The summed E-state index contributed by atoms with van der Waals surface area (Å²) >= 11 is 6.64. The second kappa shape index (κ2) is 7.75. The first-order chi connectivity index (χ1) is 9.31. The van der Waals surface area contributed by atoms with Gasteiger partial charge in [0, 0.05) is 22.0 Å². The van der Waals surface area contributed by atoms with Gasteiger partial charge in [0.2, 0.25) is 0 Å². The second-order valence-electron chi connectivity index (χ2n) is 4.55. The van der Waals surface area contributed by atoms with Crippen molar-refractivity contribution in [3.05, 3.63) is 32.7 Å². The maximum absolute atomic E-state index is 12.4. The lowest BCUT2D eigenvalue weighted by Crippen LogP contribution is -2.40. The molecule has 0 fully saturated rings. The first-order valence-electron chi connectivity index (χ1n) is 5.92. The summed E-state index contributed by atoms with van der Waals surface area (Å²) in [4.78, 5) is 26.6. The van der Waals surface area contributed by atoms with E-state index in [1.54, 1.807) is 18.2 Å². The van der Waals surface area contributed by atoms with Crippen molar-refractivity contribution in [3.63, 3.8) is 0 Å². The van der Waals surface area contributed by atoms with Gasteiger partial charge in [0.1, 0.15) is 6.54 Å². The molecule has 0 spiro atoms. The summed E-state index contributed by atoms with van der Waals surface area (Å²) in [6.07, 6.45) is 0. The van der Waals surface area contributed by atoms with Crippen LogP contribution in [0, 0.1) is 0 Å². The number of halogens is 2. The highest BCUT2D eigenvalue weighted by Gasteiger charge is 2.20. The molecule has 0 aliphatic carbocycles. The maximum atomic E-state index is 12.4. The number of benzene rings is 1. The fourth-order valence-electron chi connectivity index (χ4n) is 1.57. The average molecular weight is 408 g/mol. The third kappa shape index (κ3) is 5.22. The van der Waals surface area contributed by atoms with E-state index in [1.807, 2.05) is 19.0 Å². The van der Waals surface area contributed by atoms with E-state index in [1.165, 1.54) is 4.90 Å². The largest absolute Gasteiger partial charge is 0.480 e. The van der Waals surface area contributed by atoms with Gasteiger partial charge in [-0.25, -0.2) is 0 Å². The van der Waals surface area contributed by atoms with Crippen LogP contribution in [0.1, 0.15) is 10.4 Å². The van der Waals surface area contributed by atoms with Crippen molar-refractivity contribution in [2.75, 3.05) is 33.7 Å². The smallest absolute Gasteiger partial charge is 0.323 e. The van der Waals surface area contributed by atoms with Crippen molar-refractivity contribution >= 4 is 43.7 Å². The molecule has 0 bridgehead atoms. The Morgan fingerprint density at radius 3 is 2.35 bits per heavy atom. The highest BCUT2D eigenvalue weighted by Crippen LogP contribution is 2.23. The van der Waals surface area contributed by atoms with Gasteiger partial charge in [-0.2, -0.15) is 0 Å². The summed E-state index contributed by atoms with van der Waals surface area (Å²) in [6, 6.07) is 5.18. The van der Waals surface area contributed by atoms with E-state index in [0.717, 1.165) is 4.47 Å². The number of amides is 1. The van der Waals surface area contributed by atoms with Crippen LogP contribution in [0.25, 0.3) is 0 Å². The Morgan fingerprint density at radius 2 is 1.85 bits per heavy atom. The first kappa shape index (κ1) is 17.1. The van der Waals surface area contributed by atoms with Gasteiger partial charge < -0.3 is 14.9 Å². The van der Waals surface area contributed by atoms with Crippen LogP contribution in [0.5, 0.6) is 0 Å². The zero-order valence-corrected chi connectivity index (χ0v) is 14.4. The molecule has 0 radical (unpaired) electrons. The number of rotatable bonds is 6. The number of hydrogen-bond donors (Lipinski definition) is 1. The number of nitrogens with zero attached hydrogens (tertiary/aromatic N) is 2. The molecule has 0 saturated carbocycles. The molecule has 0 atom stereocenters. The number of aliphatic carboxylic acids is 1. The fourth-order valence-corrected chi connectivity index (χ4v) is 2.79. The molecule has 1 amide bonds. The standard InChI is InChI=1S/C13H16Br2N2O3/c1-16(2)5-6-17(8-12(18)19)13(20)10-4-3-9(14)7-11(10)15/h3-4,7H,5-6,8H2,1-2H3,(H,18,19). The van der Waals surface area contributed by atoms with Crippen LogP contribution in [-0.4, -0.2) is 60.5 Å². The normalized spacial score (nSPS) is 10.7. The Hall–Kier alpha value is -0.920. The number of carboxylic acids is 1. The molecule has 1 rings (SSSR count). The minimum atomic E-state index is -1.02. The molecule has 110 valence electrons. The van der Waals surface area contributed by atoms with Crippen molar-refractivity contribution in [3.8, 4) is 0 Å². The molecule has 0 unspecified atom stereocenters. The summed E-state index contributed by atoms with van der Waals surface area (Å²) in [5.41, 5.74) is 0.452. The predicted molar refractivity (Wildman–Crippen MR) is 83.9 cm³/mol. The molecule has 0 aromatic heterocycles. The van der Waals surface area contributed by atoms with Gasteiger partial charge in [-0.1, -0.05) is 15.9 Å². The molecular weight excluding hydrogens is 392 g/mol. The molecule has 0 saturated heterocycles. The van der Waals surface area contributed by atoms with E-state index in [0.29, 0.717) is 23.1 Å². The molecule has 1 aromatic rings. The molecule has 5 nitrogen and oxygen atoms in total. The van der Waals surface area contributed by atoms with E-state index in [-0.39, 0.29) is 12.5 Å². The van der Waals surface area contributed by atoms with Gasteiger partial charge in [-0.15, -0.1) is 0 Å². The average Bonchev–Trinajstić information content (AvgIpc) is 2.33. The number of hydrogen-bond acceptors (Lipinski definition) is 3. The lowest BCUT2D eigenvalue weighted by Gasteiger charge is -2.23. The van der Waals surface area contributed by atoms with Crippen molar-refractivity contribution in [1.29, 1.82) is 0 Å². The van der Waals surface area contributed by atoms with Gasteiger partial charge in [-0.05, 0) is 48.2 Å². The summed E-state index contributed by atoms with van der Waals surface area (Å²) in [5.74, 6) is -1.32. The van der Waals surface area contributed by atoms with Crippen LogP contribution in [0.15, 0.2) is 27.1 Å². The van der Waals surface area contributed by atoms with Gasteiger partial charge in [0.05, 0.1) is 5.56 Å². The van der Waals surface area contributed by atoms with Crippen molar-refractivity contribution in [2.45, 2.75) is 0 Å². The minimum Gasteiger partial charge on any atom is -0.480 e. The van der Waals surface area contributed by atoms with Crippen LogP contribution >= 0.6 is 31.9 Å². The number of carbonyl (C=O) groups excluding carboxylic acids is 1. The lowest BCUT2D eigenvalue weighted by atomic mass is 10.2. The molecule has 0 aliphatic heterocycles. The Morgan fingerprint density at radius 1 is 1.20 bits per heavy atom. The summed E-state index contributed by atoms with van der Waals surface area (Å²) < 4.78 is 1.48. The predicted octanol–water partition coefficient (Wildman–Crippen LogP) is 2.30. The van der Waals surface area contributed by atoms with Crippen molar-refractivity contribution in [2.24, 2.45) is 0 Å². The highest BCUT2D eigenvalue weighted by molar-refractivity contribution is 9.11. The van der Waals surface area contributed by atoms with E-state index < -0.39 is 5.97 Å². The van der Waals surface area contributed by atoms with Crippen LogP contribution in [0.4, 0.5) is 0 Å². The summed E-state index contributed by atoms with van der Waals surface area (Å²) in [6.45, 7) is 0.656. The SMILES string of the molecule is CN(C)CCN(CC(=O)O)C(=O)c1ccc(Br)cc1Br. The van der Waals surface area contributed by atoms with Crippen LogP contribution in [0.3, 0.4) is 0 Å². The Kier molecular flexibility index (Phi) is 6.64. The lowest BCUT2D eigenvalue weighted by molar-refractivity contribution is -0.137. The second-order valence-corrected chi connectivity index (χ2v) is 6.32. The Labute approximate surface area is 134 Å². The number of likely N-dealkylation sites (N-methyl/N-ethyl adjacent to an activating group) is 1. The summed E-state index contributed by atoms with van der Waals surface area (Å²) in [7, 11) is 3.75. The number of carboxylic acid groups (broad SMARTS) is 1. The Balaban J connectivity index is 2.93. The highest BCUT2D eigenvalue weighted by atomic mass is 79.9. The van der Waals surface area contributed by atoms with Crippen molar-refractivity contribution < 1.29 is 14.7 Å². The molecule has 20 heavy (non-hydrogen) atoms. The molecule has 0 aliphatic rings. The third-order valence-electron chi connectivity index (χ3n) is 2.59. The van der Waals surface area contributed by atoms with Crippen LogP contribution < -0.4 is 0 Å². The van der Waals surface area contributed by atoms with Gasteiger partial charge in [-0.3, -0.25) is 9.59 Å². The monoisotopic (exact) mass is 406 g/mol.